The summed E-state index contributed by atoms with van der Waals surface area (Å²) >= 11 is 0. The predicted molar refractivity (Wildman–Crippen MR) is 134 cm³/mol. The van der Waals surface area contributed by atoms with E-state index in [0.717, 1.165) is 11.1 Å². The van der Waals surface area contributed by atoms with Gasteiger partial charge in [0.1, 0.15) is 0 Å². The maximum absolute atomic E-state index is 13.1. The highest BCUT2D eigenvalue weighted by Crippen LogP contribution is 2.32. The zero-order chi connectivity index (χ0) is 24.8. The van der Waals surface area contributed by atoms with E-state index in [2.05, 4.69) is 0 Å². The number of carbonyl (C=O) groups excluding carboxylic acids is 2. The van der Waals surface area contributed by atoms with E-state index in [1.807, 2.05) is 54.6 Å². The molecule has 0 saturated heterocycles. The molecule has 0 spiro atoms. The molecule has 4 rings (SSSR count). The minimum Gasteiger partial charge on any atom is -0.452 e. The second kappa shape index (κ2) is 10.6. The first-order chi connectivity index (χ1) is 16.8. The van der Waals surface area contributed by atoms with Crippen LogP contribution in [0.5, 0.6) is 0 Å². The molecule has 0 fully saturated rings. The van der Waals surface area contributed by atoms with Gasteiger partial charge in [-0.15, -0.1) is 0 Å². The Hall–Kier alpha value is -3.91. The monoisotopic (exact) mass is 490 g/mol. The molecule has 7 nitrogen and oxygen atoms in total. The van der Waals surface area contributed by atoms with Gasteiger partial charge in [0.25, 0.3) is 15.9 Å². The van der Waals surface area contributed by atoms with E-state index in [0.29, 0.717) is 30.8 Å². The summed E-state index contributed by atoms with van der Waals surface area (Å²) in [7, 11) is -2.03. The van der Waals surface area contributed by atoms with Crippen LogP contribution >= 0.6 is 0 Å². The average Bonchev–Trinajstić information content (AvgIpc) is 3.32. The Bertz CT molecular complexity index is 1340. The number of ether oxygens (including phenoxy) is 1. The highest BCUT2D eigenvalue weighted by atomic mass is 32.2. The Morgan fingerprint density at radius 3 is 2.40 bits per heavy atom. The van der Waals surface area contributed by atoms with Crippen molar-refractivity contribution in [1.29, 1.82) is 0 Å². The molecule has 0 radical (unpaired) electrons. The zero-order valence-corrected chi connectivity index (χ0v) is 20.1. The number of anilines is 1. The summed E-state index contributed by atoms with van der Waals surface area (Å²) in [6.07, 6.45) is 3.41. The number of hydrogen-bond acceptors (Lipinski definition) is 5. The van der Waals surface area contributed by atoms with Gasteiger partial charge in [-0.05, 0) is 47.4 Å². The molecule has 0 bridgehead atoms. The number of benzene rings is 3. The Labute approximate surface area is 205 Å². The predicted octanol–water partition coefficient (Wildman–Crippen LogP) is 3.65. The van der Waals surface area contributed by atoms with Crippen LogP contribution in [0.15, 0.2) is 89.8 Å². The van der Waals surface area contributed by atoms with Crippen LogP contribution in [0.4, 0.5) is 5.69 Å². The van der Waals surface area contributed by atoms with Gasteiger partial charge >= 0.3 is 5.97 Å². The largest absolute Gasteiger partial charge is 0.452 e. The van der Waals surface area contributed by atoms with Crippen LogP contribution < -0.4 is 4.31 Å². The number of sulfonamides is 1. The van der Waals surface area contributed by atoms with Crippen molar-refractivity contribution in [1.82, 2.24) is 4.90 Å². The standard InChI is InChI=1S/C27H26N2O5S/c1-28(19-22-7-3-2-4-8-22)26(30)20-34-27(31)16-13-21-11-14-24(15-12-21)35(32,33)29-18-17-23-9-5-6-10-25(23)29/h2-16H,17-20H2,1H3. The van der Waals surface area contributed by atoms with Gasteiger partial charge in [-0.1, -0.05) is 60.7 Å². The number of amides is 1. The Balaban J connectivity index is 1.31. The molecule has 1 heterocycles. The van der Waals surface area contributed by atoms with Gasteiger partial charge in [0.05, 0.1) is 10.6 Å². The minimum absolute atomic E-state index is 0.181. The minimum atomic E-state index is -3.67. The van der Waals surface area contributed by atoms with Crippen molar-refractivity contribution in [2.75, 3.05) is 24.5 Å². The molecule has 1 aliphatic rings. The SMILES string of the molecule is CN(Cc1ccccc1)C(=O)COC(=O)C=Cc1ccc(S(=O)(=O)N2CCc3ccccc32)cc1. The van der Waals surface area contributed by atoms with Gasteiger partial charge in [-0.25, -0.2) is 13.2 Å². The first kappa shape index (κ1) is 24.2. The van der Waals surface area contributed by atoms with Crippen molar-refractivity contribution >= 4 is 33.7 Å². The molecule has 8 heteroatoms. The van der Waals surface area contributed by atoms with E-state index < -0.39 is 16.0 Å². The Kier molecular flexibility index (Phi) is 7.31. The number of fused-ring (bicyclic) bond motifs is 1. The third-order valence-corrected chi connectivity index (χ3v) is 7.58. The summed E-state index contributed by atoms with van der Waals surface area (Å²) < 4.78 is 32.7. The van der Waals surface area contributed by atoms with E-state index in [4.69, 9.17) is 4.74 Å². The summed E-state index contributed by atoms with van der Waals surface area (Å²) in [5.41, 5.74) is 3.34. The van der Waals surface area contributed by atoms with Crippen molar-refractivity contribution < 1.29 is 22.7 Å². The zero-order valence-electron chi connectivity index (χ0n) is 19.3. The second-order valence-corrected chi connectivity index (χ2v) is 10.1. The maximum Gasteiger partial charge on any atom is 0.331 e. The molecule has 3 aromatic rings. The molecule has 0 saturated carbocycles. The number of esters is 1. The first-order valence-electron chi connectivity index (χ1n) is 11.2. The number of para-hydroxylation sites is 1. The number of hydrogen-bond donors (Lipinski definition) is 0. The molecule has 0 aromatic heterocycles. The molecule has 1 amide bonds. The maximum atomic E-state index is 13.1. The summed E-state index contributed by atoms with van der Waals surface area (Å²) in [4.78, 5) is 25.9. The van der Waals surface area contributed by atoms with Crippen LogP contribution in [0.1, 0.15) is 16.7 Å². The fourth-order valence-electron chi connectivity index (χ4n) is 3.84. The van der Waals surface area contributed by atoms with Crippen LogP contribution in [0.3, 0.4) is 0 Å². The van der Waals surface area contributed by atoms with Crippen LogP contribution in [0.25, 0.3) is 6.08 Å². The van der Waals surface area contributed by atoms with E-state index in [1.54, 1.807) is 19.2 Å². The van der Waals surface area contributed by atoms with Crippen molar-refractivity contribution in [3.8, 4) is 0 Å². The van der Waals surface area contributed by atoms with Crippen molar-refractivity contribution in [3.05, 3.63) is 102 Å². The smallest absolute Gasteiger partial charge is 0.331 e. The molecule has 180 valence electrons. The molecule has 0 atom stereocenters. The van der Waals surface area contributed by atoms with Crippen LogP contribution in [-0.4, -0.2) is 45.4 Å². The molecule has 0 N–H and O–H groups in total. The average molecular weight is 491 g/mol. The lowest BCUT2D eigenvalue weighted by atomic mass is 10.2. The lowest BCUT2D eigenvalue weighted by Gasteiger charge is -2.19. The van der Waals surface area contributed by atoms with Crippen LogP contribution in [0.2, 0.25) is 0 Å². The van der Waals surface area contributed by atoms with Crippen molar-refractivity contribution in [2.45, 2.75) is 17.9 Å². The molecule has 3 aromatic carbocycles. The summed E-state index contributed by atoms with van der Waals surface area (Å²) in [5.74, 6) is -0.967. The molecular formula is C27H26N2O5S. The van der Waals surface area contributed by atoms with E-state index in [9.17, 15) is 18.0 Å². The molecule has 1 aliphatic heterocycles. The van der Waals surface area contributed by atoms with Gasteiger partial charge in [0.2, 0.25) is 0 Å². The lowest BCUT2D eigenvalue weighted by molar-refractivity contribution is -0.147. The van der Waals surface area contributed by atoms with Gasteiger partial charge in [0, 0.05) is 26.2 Å². The van der Waals surface area contributed by atoms with E-state index in [1.165, 1.54) is 33.5 Å². The van der Waals surface area contributed by atoms with E-state index in [-0.39, 0.29) is 17.4 Å². The number of rotatable bonds is 8. The fourth-order valence-corrected chi connectivity index (χ4v) is 5.34. The fraction of sp³-hybridized carbons (Fsp3) is 0.185. The summed E-state index contributed by atoms with van der Waals surface area (Å²) in [6.45, 7) is 0.473. The normalized spacial score (nSPS) is 13.0. The number of likely N-dealkylation sites (N-methyl/N-ethyl adjacent to an activating group) is 1. The highest BCUT2D eigenvalue weighted by Gasteiger charge is 2.30. The third-order valence-electron chi connectivity index (χ3n) is 5.75. The molecule has 35 heavy (non-hydrogen) atoms. The molecule has 0 unspecified atom stereocenters. The lowest BCUT2D eigenvalue weighted by Crippen LogP contribution is -2.30. The molecular weight excluding hydrogens is 464 g/mol. The van der Waals surface area contributed by atoms with Crippen molar-refractivity contribution in [2.24, 2.45) is 0 Å². The van der Waals surface area contributed by atoms with Gasteiger partial charge in [-0.3, -0.25) is 9.10 Å². The quantitative estimate of drug-likeness (QED) is 0.356. The number of nitrogens with zero attached hydrogens (tertiary/aromatic N) is 2. The summed E-state index contributed by atoms with van der Waals surface area (Å²) in [5, 5.41) is 0. The topological polar surface area (TPSA) is 84.0 Å². The van der Waals surface area contributed by atoms with Gasteiger partial charge in [0.15, 0.2) is 6.61 Å². The highest BCUT2D eigenvalue weighted by molar-refractivity contribution is 7.92. The van der Waals surface area contributed by atoms with Crippen LogP contribution in [0, 0.1) is 0 Å². The van der Waals surface area contributed by atoms with E-state index >= 15 is 0 Å². The Morgan fingerprint density at radius 2 is 1.66 bits per heavy atom. The molecule has 0 aliphatic carbocycles. The van der Waals surface area contributed by atoms with Gasteiger partial charge < -0.3 is 9.64 Å². The first-order valence-corrected chi connectivity index (χ1v) is 12.6. The Morgan fingerprint density at radius 1 is 0.971 bits per heavy atom. The second-order valence-electron chi connectivity index (χ2n) is 8.20. The van der Waals surface area contributed by atoms with Gasteiger partial charge in [-0.2, -0.15) is 0 Å². The number of carbonyl (C=O) groups is 2. The summed E-state index contributed by atoms with van der Waals surface area (Å²) in [6, 6.07) is 23.3. The van der Waals surface area contributed by atoms with Crippen molar-refractivity contribution in [3.63, 3.8) is 0 Å². The van der Waals surface area contributed by atoms with Crippen LogP contribution in [-0.2, 0) is 37.3 Å². The third kappa shape index (κ3) is 5.78.